The minimum atomic E-state index is 0.0200. The molecule has 0 aliphatic carbocycles. The van der Waals surface area contributed by atoms with Crippen molar-refractivity contribution in [2.75, 3.05) is 5.73 Å². The first-order valence-electron chi connectivity index (χ1n) is 4.77. The van der Waals surface area contributed by atoms with Crippen LogP contribution in [0.4, 0.5) is 5.69 Å². The Hall–Kier alpha value is -1.25. The molecule has 0 saturated heterocycles. The first-order chi connectivity index (χ1) is 6.31. The molecule has 1 aromatic rings. The van der Waals surface area contributed by atoms with Gasteiger partial charge >= 0.3 is 0 Å². The number of aromatic nitrogens is 1. The van der Waals surface area contributed by atoms with Crippen molar-refractivity contribution < 1.29 is 0 Å². The van der Waals surface area contributed by atoms with E-state index < -0.39 is 0 Å². The standard InChI is InChI=1S/C11H18N2O/c1-8-9(12)5-6-10(14)13(8)7-11(2,3)4/h5-6H,7,12H2,1-4H3. The molecule has 3 heteroatoms. The number of hydrogen-bond acceptors (Lipinski definition) is 2. The predicted octanol–water partition coefficient (Wildman–Crippen LogP) is 1.79. The summed E-state index contributed by atoms with van der Waals surface area (Å²) in [6.07, 6.45) is 0. The van der Waals surface area contributed by atoms with Crippen molar-refractivity contribution in [3.05, 3.63) is 28.2 Å². The summed E-state index contributed by atoms with van der Waals surface area (Å²) in [4.78, 5) is 11.6. The highest BCUT2D eigenvalue weighted by Gasteiger charge is 2.14. The third-order valence-electron chi connectivity index (χ3n) is 2.13. The molecule has 78 valence electrons. The fraction of sp³-hybridized carbons (Fsp3) is 0.545. The monoisotopic (exact) mass is 194 g/mol. The van der Waals surface area contributed by atoms with Gasteiger partial charge in [0.1, 0.15) is 0 Å². The van der Waals surface area contributed by atoms with Gasteiger partial charge in [-0.15, -0.1) is 0 Å². The van der Waals surface area contributed by atoms with Crippen LogP contribution in [0.3, 0.4) is 0 Å². The lowest BCUT2D eigenvalue weighted by molar-refractivity contribution is 0.335. The van der Waals surface area contributed by atoms with Crippen molar-refractivity contribution in [2.45, 2.75) is 34.2 Å². The smallest absolute Gasteiger partial charge is 0.250 e. The van der Waals surface area contributed by atoms with Crippen LogP contribution in [0.2, 0.25) is 0 Å². The number of nitrogens with zero attached hydrogens (tertiary/aromatic N) is 1. The predicted molar refractivity (Wildman–Crippen MR) is 59.3 cm³/mol. The Balaban J connectivity index is 3.20. The Labute approximate surface area is 84.6 Å². The van der Waals surface area contributed by atoms with Crippen LogP contribution in [-0.4, -0.2) is 4.57 Å². The van der Waals surface area contributed by atoms with Crippen LogP contribution in [0.15, 0.2) is 16.9 Å². The molecule has 1 aromatic heterocycles. The van der Waals surface area contributed by atoms with Gasteiger partial charge in [-0.05, 0) is 18.4 Å². The lowest BCUT2D eigenvalue weighted by Gasteiger charge is -2.22. The molecule has 0 atom stereocenters. The largest absolute Gasteiger partial charge is 0.397 e. The molecule has 0 saturated carbocycles. The molecule has 1 heterocycles. The number of nitrogen functional groups attached to an aromatic ring is 1. The molecule has 0 fully saturated rings. The third kappa shape index (κ3) is 2.37. The van der Waals surface area contributed by atoms with Gasteiger partial charge in [0.25, 0.3) is 5.56 Å². The number of hydrogen-bond donors (Lipinski definition) is 1. The fourth-order valence-electron chi connectivity index (χ4n) is 1.36. The zero-order chi connectivity index (χ0) is 10.9. The van der Waals surface area contributed by atoms with E-state index in [2.05, 4.69) is 20.8 Å². The summed E-state index contributed by atoms with van der Waals surface area (Å²) in [5.74, 6) is 0. The van der Waals surface area contributed by atoms with E-state index in [4.69, 9.17) is 5.73 Å². The Morgan fingerprint density at radius 2 is 1.93 bits per heavy atom. The Kier molecular flexibility index (Phi) is 2.69. The average Bonchev–Trinajstić information content (AvgIpc) is 2.04. The maximum Gasteiger partial charge on any atom is 0.250 e. The molecule has 0 bridgehead atoms. The van der Waals surface area contributed by atoms with E-state index in [-0.39, 0.29) is 11.0 Å². The summed E-state index contributed by atoms with van der Waals surface area (Å²) in [5.41, 5.74) is 7.38. The number of pyridine rings is 1. The van der Waals surface area contributed by atoms with Gasteiger partial charge in [0.05, 0.1) is 5.69 Å². The van der Waals surface area contributed by atoms with E-state index >= 15 is 0 Å². The zero-order valence-corrected chi connectivity index (χ0v) is 9.29. The van der Waals surface area contributed by atoms with Crippen LogP contribution in [0.5, 0.6) is 0 Å². The number of rotatable bonds is 1. The van der Waals surface area contributed by atoms with Crippen molar-refractivity contribution in [2.24, 2.45) is 5.41 Å². The van der Waals surface area contributed by atoms with Gasteiger partial charge in [-0.2, -0.15) is 0 Å². The summed E-state index contributed by atoms with van der Waals surface area (Å²) in [7, 11) is 0. The Morgan fingerprint density at radius 1 is 1.36 bits per heavy atom. The van der Waals surface area contributed by atoms with E-state index in [1.165, 1.54) is 6.07 Å². The van der Waals surface area contributed by atoms with Gasteiger partial charge in [-0.1, -0.05) is 20.8 Å². The maximum atomic E-state index is 11.6. The van der Waals surface area contributed by atoms with Crippen LogP contribution in [0, 0.1) is 12.3 Å². The summed E-state index contributed by atoms with van der Waals surface area (Å²) in [6.45, 7) is 8.87. The van der Waals surface area contributed by atoms with Crippen LogP contribution in [0.25, 0.3) is 0 Å². The molecular weight excluding hydrogens is 176 g/mol. The van der Waals surface area contributed by atoms with Gasteiger partial charge in [0, 0.05) is 18.3 Å². The molecule has 3 nitrogen and oxygen atoms in total. The summed E-state index contributed by atoms with van der Waals surface area (Å²) >= 11 is 0. The molecule has 0 aromatic carbocycles. The molecular formula is C11H18N2O. The van der Waals surface area contributed by atoms with Crippen molar-refractivity contribution in [3.8, 4) is 0 Å². The lowest BCUT2D eigenvalue weighted by atomic mass is 9.96. The van der Waals surface area contributed by atoms with Crippen LogP contribution >= 0.6 is 0 Å². The van der Waals surface area contributed by atoms with Gasteiger partial charge in [0.15, 0.2) is 0 Å². The van der Waals surface area contributed by atoms with E-state index in [0.717, 1.165) is 5.69 Å². The van der Waals surface area contributed by atoms with Crippen LogP contribution in [-0.2, 0) is 6.54 Å². The van der Waals surface area contributed by atoms with Crippen molar-refractivity contribution >= 4 is 5.69 Å². The summed E-state index contributed by atoms with van der Waals surface area (Å²) in [6, 6.07) is 3.19. The average molecular weight is 194 g/mol. The van der Waals surface area contributed by atoms with Gasteiger partial charge < -0.3 is 10.3 Å². The molecule has 1 rings (SSSR count). The second-order valence-corrected chi connectivity index (χ2v) is 4.86. The first-order valence-corrected chi connectivity index (χ1v) is 4.77. The van der Waals surface area contributed by atoms with E-state index in [9.17, 15) is 4.79 Å². The van der Waals surface area contributed by atoms with E-state index in [1.807, 2.05) is 6.92 Å². The highest BCUT2D eigenvalue weighted by atomic mass is 16.1. The second kappa shape index (κ2) is 3.48. The molecule has 0 amide bonds. The SMILES string of the molecule is Cc1c(N)ccc(=O)n1CC(C)(C)C. The maximum absolute atomic E-state index is 11.6. The molecule has 14 heavy (non-hydrogen) atoms. The third-order valence-corrected chi connectivity index (χ3v) is 2.13. The highest BCUT2D eigenvalue weighted by Crippen LogP contribution is 2.17. The molecule has 2 N–H and O–H groups in total. The first kappa shape index (κ1) is 10.8. The second-order valence-electron chi connectivity index (χ2n) is 4.86. The van der Waals surface area contributed by atoms with Crippen molar-refractivity contribution in [1.29, 1.82) is 0 Å². The van der Waals surface area contributed by atoms with Crippen LogP contribution in [0.1, 0.15) is 26.5 Å². The van der Waals surface area contributed by atoms with E-state index in [1.54, 1.807) is 10.6 Å². The molecule has 0 radical (unpaired) electrons. The van der Waals surface area contributed by atoms with Gasteiger partial charge in [-0.3, -0.25) is 4.79 Å². The summed E-state index contributed by atoms with van der Waals surface area (Å²) in [5, 5.41) is 0. The topological polar surface area (TPSA) is 48.0 Å². The van der Waals surface area contributed by atoms with Crippen molar-refractivity contribution in [3.63, 3.8) is 0 Å². The Bertz CT molecular complexity index is 385. The fourth-order valence-corrected chi connectivity index (χ4v) is 1.36. The van der Waals surface area contributed by atoms with E-state index in [0.29, 0.717) is 12.2 Å². The lowest BCUT2D eigenvalue weighted by Crippen LogP contribution is -2.28. The number of anilines is 1. The normalized spacial score (nSPS) is 11.7. The molecule has 0 spiro atoms. The molecule has 0 aliphatic rings. The minimum absolute atomic E-state index is 0.0200. The van der Waals surface area contributed by atoms with Gasteiger partial charge in [-0.25, -0.2) is 0 Å². The van der Waals surface area contributed by atoms with Crippen LogP contribution < -0.4 is 11.3 Å². The zero-order valence-electron chi connectivity index (χ0n) is 9.29. The molecule has 0 aliphatic heterocycles. The molecule has 0 unspecified atom stereocenters. The van der Waals surface area contributed by atoms with Crippen molar-refractivity contribution in [1.82, 2.24) is 4.57 Å². The Morgan fingerprint density at radius 3 is 2.43 bits per heavy atom. The summed E-state index contributed by atoms with van der Waals surface area (Å²) < 4.78 is 1.73. The van der Waals surface area contributed by atoms with Gasteiger partial charge in [0.2, 0.25) is 0 Å². The number of nitrogens with two attached hydrogens (primary N) is 1. The quantitative estimate of drug-likeness (QED) is 0.740. The minimum Gasteiger partial charge on any atom is -0.397 e. The highest BCUT2D eigenvalue weighted by molar-refractivity contribution is 5.41.